The van der Waals surface area contributed by atoms with E-state index in [1.165, 1.54) is 5.56 Å². The number of ether oxygens (including phenoxy) is 1. The Morgan fingerprint density at radius 3 is 2.52 bits per heavy atom. The second-order valence-corrected chi connectivity index (χ2v) is 8.55. The molecular weight excluding hydrogens is 388 g/mol. The van der Waals surface area contributed by atoms with E-state index in [4.69, 9.17) is 4.74 Å². The first kappa shape index (κ1) is 21.4. The molecule has 0 N–H and O–H groups in total. The predicted molar refractivity (Wildman–Crippen MR) is 123 cm³/mol. The van der Waals surface area contributed by atoms with Crippen molar-refractivity contribution in [1.82, 2.24) is 4.90 Å². The lowest BCUT2D eigenvalue weighted by molar-refractivity contribution is -0.117. The van der Waals surface area contributed by atoms with Crippen molar-refractivity contribution >= 4 is 17.5 Å². The van der Waals surface area contributed by atoms with Crippen molar-refractivity contribution in [3.05, 3.63) is 59.7 Å². The molecule has 31 heavy (non-hydrogen) atoms. The highest BCUT2D eigenvalue weighted by atomic mass is 16.5. The molecule has 0 atom stereocenters. The molecule has 2 amide bonds. The highest BCUT2D eigenvalue weighted by molar-refractivity contribution is 5.99. The molecule has 0 bridgehead atoms. The molecule has 0 aromatic heterocycles. The van der Waals surface area contributed by atoms with Crippen molar-refractivity contribution in [1.29, 1.82) is 0 Å². The van der Waals surface area contributed by atoms with Gasteiger partial charge in [0.05, 0.1) is 6.61 Å². The van der Waals surface area contributed by atoms with Gasteiger partial charge in [0.15, 0.2) is 0 Å². The van der Waals surface area contributed by atoms with E-state index in [1.807, 2.05) is 48.2 Å². The van der Waals surface area contributed by atoms with Crippen molar-refractivity contribution in [3.8, 4) is 5.75 Å². The Labute approximate surface area is 185 Å². The van der Waals surface area contributed by atoms with Crippen LogP contribution in [0, 0.1) is 5.92 Å². The van der Waals surface area contributed by atoms with Crippen LogP contribution in [-0.2, 0) is 11.2 Å². The SMILES string of the molecule is CCOc1ccc(CCC2CCN(C(=O)c3cccc(N4CCCC4=O)c3)CC2)cc1. The zero-order valence-electron chi connectivity index (χ0n) is 18.4. The summed E-state index contributed by atoms with van der Waals surface area (Å²) in [5.74, 6) is 1.82. The predicted octanol–water partition coefficient (Wildman–Crippen LogP) is 4.70. The summed E-state index contributed by atoms with van der Waals surface area (Å²) < 4.78 is 5.51. The second-order valence-electron chi connectivity index (χ2n) is 8.55. The fourth-order valence-corrected chi connectivity index (χ4v) is 4.63. The van der Waals surface area contributed by atoms with Crippen LogP contribution in [-0.4, -0.2) is 43.0 Å². The third-order valence-electron chi connectivity index (χ3n) is 6.46. The number of carbonyl (C=O) groups is 2. The number of carbonyl (C=O) groups excluding carboxylic acids is 2. The van der Waals surface area contributed by atoms with E-state index < -0.39 is 0 Å². The van der Waals surface area contributed by atoms with Gasteiger partial charge in [-0.1, -0.05) is 18.2 Å². The second kappa shape index (κ2) is 9.99. The van der Waals surface area contributed by atoms with Crippen LogP contribution in [0.25, 0.3) is 0 Å². The van der Waals surface area contributed by atoms with Crippen molar-refractivity contribution in [2.75, 3.05) is 31.1 Å². The number of likely N-dealkylation sites (tertiary alicyclic amines) is 1. The molecule has 5 nitrogen and oxygen atoms in total. The summed E-state index contributed by atoms with van der Waals surface area (Å²) in [7, 11) is 0. The molecule has 2 aromatic rings. The van der Waals surface area contributed by atoms with Crippen molar-refractivity contribution in [3.63, 3.8) is 0 Å². The third-order valence-corrected chi connectivity index (χ3v) is 6.46. The van der Waals surface area contributed by atoms with Gasteiger partial charge >= 0.3 is 0 Å². The number of anilines is 1. The molecule has 0 radical (unpaired) electrons. The van der Waals surface area contributed by atoms with E-state index in [9.17, 15) is 9.59 Å². The van der Waals surface area contributed by atoms with E-state index in [2.05, 4.69) is 12.1 Å². The molecule has 0 aliphatic carbocycles. The maximum absolute atomic E-state index is 13.0. The molecule has 0 spiro atoms. The number of aryl methyl sites for hydroxylation is 1. The van der Waals surface area contributed by atoms with Crippen molar-refractivity contribution in [2.45, 2.75) is 45.4 Å². The first-order chi connectivity index (χ1) is 15.1. The van der Waals surface area contributed by atoms with Gasteiger partial charge in [-0.15, -0.1) is 0 Å². The van der Waals surface area contributed by atoms with E-state index in [0.29, 0.717) is 24.5 Å². The van der Waals surface area contributed by atoms with Crippen LogP contribution in [0.4, 0.5) is 5.69 Å². The molecule has 4 rings (SSSR count). The van der Waals surface area contributed by atoms with Crippen LogP contribution < -0.4 is 9.64 Å². The molecule has 2 aliphatic heterocycles. The quantitative estimate of drug-likeness (QED) is 0.653. The Balaban J connectivity index is 1.27. The van der Waals surface area contributed by atoms with Gasteiger partial charge in [0.25, 0.3) is 5.91 Å². The first-order valence-corrected chi connectivity index (χ1v) is 11.6. The van der Waals surface area contributed by atoms with Gasteiger partial charge in [0, 0.05) is 37.3 Å². The standard InChI is InChI=1S/C26H32N2O3/c1-2-31-24-12-10-20(11-13-24)8-9-21-14-17-27(18-15-21)26(30)22-5-3-6-23(19-22)28-16-4-7-25(28)29/h3,5-6,10-13,19,21H,2,4,7-9,14-18H2,1H3. The largest absolute Gasteiger partial charge is 0.494 e. The summed E-state index contributed by atoms with van der Waals surface area (Å²) in [5.41, 5.74) is 2.87. The van der Waals surface area contributed by atoms with Gasteiger partial charge in [-0.05, 0) is 80.8 Å². The fourth-order valence-electron chi connectivity index (χ4n) is 4.63. The Morgan fingerprint density at radius 2 is 1.84 bits per heavy atom. The van der Waals surface area contributed by atoms with Gasteiger partial charge in [0.2, 0.25) is 5.91 Å². The van der Waals surface area contributed by atoms with Crippen LogP contribution in [0.2, 0.25) is 0 Å². The number of hydrogen-bond acceptors (Lipinski definition) is 3. The van der Waals surface area contributed by atoms with Crippen molar-refractivity contribution in [2.24, 2.45) is 5.92 Å². The minimum atomic E-state index is 0.0819. The zero-order valence-corrected chi connectivity index (χ0v) is 18.4. The average molecular weight is 421 g/mol. The molecule has 2 fully saturated rings. The third kappa shape index (κ3) is 5.27. The monoisotopic (exact) mass is 420 g/mol. The van der Waals surface area contributed by atoms with E-state index >= 15 is 0 Å². The molecular formula is C26H32N2O3. The Bertz CT molecular complexity index is 901. The zero-order chi connectivity index (χ0) is 21.6. The minimum Gasteiger partial charge on any atom is -0.494 e. The number of rotatable bonds is 7. The number of amides is 2. The van der Waals surface area contributed by atoms with Gasteiger partial charge in [-0.2, -0.15) is 0 Å². The van der Waals surface area contributed by atoms with Crippen LogP contribution in [0.1, 0.15) is 54.9 Å². The molecule has 2 aliphatic rings. The number of hydrogen-bond donors (Lipinski definition) is 0. The highest BCUT2D eigenvalue weighted by Gasteiger charge is 2.25. The highest BCUT2D eigenvalue weighted by Crippen LogP contribution is 2.26. The van der Waals surface area contributed by atoms with Gasteiger partial charge < -0.3 is 14.5 Å². The average Bonchev–Trinajstić information content (AvgIpc) is 3.25. The Morgan fingerprint density at radius 1 is 1.06 bits per heavy atom. The van der Waals surface area contributed by atoms with Crippen LogP contribution >= 0.6 is 0 Å². The number of piperidine rings is 1. The van der Waals surface area contributed by atoms with Crippen LogP contribution in [0.15, 0.2) is 48.5 Å². The fraction of sp³-hybridized carbons (Fsp3) is 0.462. The molecule has 2 heterocycles. The van der Waals surface area contributed by atoms with E-state index in [1.54, 1.807) is 4.90 Å². The molecule has 2 saturated heterocycles. The topological polar surface area (TPSA) is 49.9 Å². The molecule has 0 unspecified atom stereocenters. The van der Waals surface area contributed by atoms with Crippen molar-refractivity contribution < 1.29 is 14.3 Å². The van der Waals surface area contributed by atoms with E-state index in [-0.39, 0.29) is 11.8 Å². The summed E-state index contributed by atoms with van der Waals surface area (Å²) in [6.45, 7) is 5.04. The molecule has 164 valence electrons. The summed E-state index contributed by atoms with van der Waals surface area (Å²) >= 11 is 0. The summed E-state index contributed by atoms with van der Waals surface area (Å²) in [5, 5.41) is 0. The maximum Gasteiger partial charge on any atom is 0.253 e. The summed E-state index contributed by atoms with van der Waals surface area (Å²) in [4.78, 5) is 28.8. The minimum absolute atomic E-state index is 0.0819. The summed E-state index contributed by atoms with van der Waals surface area (Å²) in [6, 6.07) is 16.0. The normalized spacial score (nSPS) is 17.3. The van der Waals surface area contributed by atoms with Gasteiger partial charge in [-0.3, -0.25) is 9.59 Å². The Hall–Kier alpha value is -2.82. The van der Waals surface area contributed by atoms with Gasteiger partial charge in [-0.25, -0.2) is 0 Å². The maximum atomic E-state index is 13.0. The molecule has 5 heteroatoms. The van der Waals surface area contributed by atoms with E-state index in [0.717, 1.165) is 63.2 Å². The van der Waals surface area contributed by atoms with Gasteiger partial charge in [0.1, 0.15) is 5.75 Å². The summed E-state index contributed by atoms with van der Waals surface area (Å²) in [6.07, 6.45) is 5.81. The number of nitrogens with zero attached hydrogens (tertiary/aromatic N) is 2. The number of benzene rings is 2. The first-order valence-electron chi connectivity index (χ1n) is 11.6. The lowest BCUT2D eigenvalue weighted by atomic mass is 9.90. The lowest BCUT2D eigenvalue weighted by Crippen LogP contribution is -2.38. The lowest BCUT2D eigenvalue weighted by Gasteiger charge is -2.32. The van der Waals surface area contributed by atoms with Crippen LogP contribution in [0.5, 0.6) is 5.75 Å². The molecule has 2 aromatic carbocycles. The molecule has 0 saturated carbocycles. The van der Waals surface area contributed by atoms with Crippen LogP contribution in [0.3, 0.4) is 0 Å². The Kier molecular flexibility index (Phi) is 6.90. The smallest absolute Gasteiger partial charge is 0.253 e.